The van der Waals surface area contributed by atoms with Crippen LogP contribution in [0.5, 0.6) is 0 Å². The van der Waals surface area contributed by atoms with Gasteiger partial charge in [0.1, 0.15) is 17.0 Å². The van der Waals surface area contributed by atoms with Crippen LogP contribution < -0.4 is 11.2 Å². The van der Waals surface area contributed by atoms with E-state index in [9.17, 15) is 9.59 Å². The first kappa shape index (κ1) is 17.7. The Balaban J connectivity index is 2.66. The molecule has 0 spiro atoms. The van der Waals surface area contributed by atoms with Crippen LogP contribution in [-0.4, -0.2) is 32.0 Å². The second-order valence-corrected chi connectivity index (χ2v) is 6.90. The number of hydrogen-bond acceptors (Lipinski definition) is 6. The van der Waals surface area contributed by atoms with Crippen molar-refractivity contribution in [2.75, 3.05) is 12.9 Å². The van der Waals surface area contributed by atoms with Crippen molar-refractivity contribution in [1.82, 2.24) is 19.1 Å². The van der Waals surface area contributed by atoms with Crippen LogP contribution in [0.2, 0.25) is 0 Å². The molecule has 2 rings (SSSR count). The Bertz CT molecular complexity index is 826. The molecule has 0 unspecified atom stereocenters. The van der Waals surface area contributed by atoms with Crippen molar-refractivity contribution in [3.63, 3.8) is 0 Å². The highest BCUT2D eigenvalue weighted by Crippen LogP contribution is 2.24. The van der Waals surface area contributed by atoms with Gasteiger partial charge in [-0.1, -0.05) is 13.8 Å². The lowest BCUT2D eigenvalue weighted by molar-refractivity contribution is 0.177. The second-order valence-electron chi connectivity index (χ2n) is 5.81. The molecule has 0 aliphatic rings. The molecule has 0 saturated carbocycles. The van der Waals surface area contributed by atoms with E-state index in [-0.39, 0.29) is 12.2 Å². The number of rotatable bonds is 6. The Morgan fingerprint density at radius 2 is 1.87 bits per heavy atom. The molecule has 23 heavy (non-hydrogen) atoms. The van der Waals surface area contributed by atoms with Crippen LogP contribution in [0.15, 0.2) is 14.6 Å². The molecule has 0 fully saturated rings. The molecule has 2 heterocycles. The van der Waals surface area contributed by atoms with Crippen LogP contribution in [0.1, 0.15) is 26.1 Å². The van der Waals surface area contributed by atoms with E-state index < -0.39 is 5.69 Å². The summed E-state index contributed by atoms with van der Waals surface area (Å²) in [5.41, 5.74) is -0.408. The van der Waals surface area contributed by atoms with Gasteiger partial charge in [-0.3, -0.25) is 13.9 Å². The quantitative estimate of drug-likeness (QED) is 0.584. The SMILES string of the molecule is COCc1nc(SCCC(C)C)c2c(=O)n(C)c(=O)n(C)c2n1. The normalized spacial score (nSPS) is 11.6. The lowest BCUT2D eigenvalue weighted by Gasteiger charge is -2.12. The standard InChI is InChI=1S/C15H22N4O3S/c1-9(2)6-7-23-13-11-12(16-10(17-13)8-22-5)18(3)15(21)19(4)14(11)20/h9H,6-8H2,1-5H3. The maximum atomic E-state index is 12.5. The smallest absolute Gasteiger partial charge is 0.332 e. The number of fused-ring (bicyclic) bond motifs is 1. The van der Waals surface area contributed by atoms with Crippen LogP contribution >= 0.6 is 11.8 Å². The number of aromatic nitrogens is 4. The third-order valence-electron chi connectivity index (χ3n) is 3.52. The monoisotopic (exact) mass is 338 g/mol. The third kappa shape index (κ3) is 3.64. The van der Waals surface area contributed by atoms with Crippen LogP contribution in [-0.2, 0) is 25.4 Å². The van der Waals surface area contributed by atoms with Gasteiger partial charge in [0.05, 0.1) is 0 Å². The fourth-order valence-corrected chi connectivity index (χ4v) is 3.44. The molecule has 2 aromatic rings. The molecule has 7 nitrogen and oxygen atoms in total. The summed E-state index contributed by atoms with van der Waals surface area (Å²) < 4.78 is 7.56. The number of nitrogens with zero attached hydrogens (tertiary/aromatic N) is 4. The van der Waals surface area contributed by atoms with Crippen molar-refractivity contribution in [1.29, 1.82) is 0 Å². The Morgan fingerprint density at radius 3 is 2.48 bits per heavy atom. The van der Waals surface area contributed by atoms with E-state index in [1.54, 1.807) is 14.2 Å². The Hall–Kier alpha value is -1.67. The first-order chi connectivity index (χ1) is 10.9. The second kappa shape index (κ2) is 7.27. The molecule has 0 radical (unpaired) electrons. The predicted molar refractivity (Wildman–Crippen MR) is 90.9 cm³/mol. The fourth-order valence-electron chi connectivity index (χ4n) is 2.16. The molecule has 0 aliphatic carbocycles. The lowest BCUT2D eigenvalue weighted by Crippen LogP contribution is -2.37. The van der Waals surface area contributed by atoms with Gasteiger partial charge in [0, 0.05) is 21.2 Å². The summed E-state index contributed by atoms with van der Waals surface area (Å²) in [7, 11) is 4.63. The van der Waals surface area contributed by atoms with Crippen molar-refractivity contribution in [3.05, 3.63) is 26.7 Å². The molecule has 0 saturated heterocycles. The Kier molecular flexibility index (Phi) is 5.59. The van der Waals surface area contributed by atoms with E-state index in [1.807, 2.05) is 0 Å². The largest absolute Gasteiger partial charge is 0.377 e. The molecule has 0 atom stereocenters. The first-order valence-electron chi connectivity index (χ1n) is 7.45. The van der Waals surface area contributed by atoms with E-state index in [1.165, 1.54) is 23.4 Å². The van der Waals surface area contributed by atoms with Gasteiger partial charge in [0.15, 0.2) is 11.5 Å². The summed E-state index contributed by atoms with van der Waals surface area (Å²) >= 11 is 1.52. The van der Waals surface area contributed by atoms with Crippen molar-refractivity contribution in [2.45, 2.75) is 31.9 Å². The van der Waals surface area contributed by atoms with E-state index in [0.717, 1.165) is 16.7 Å². The fraction of sp³-hybridized carbons (Fsp3) is 0.600. The van der Waals surface area contributed by atoms with Gasteiger partial charge in [-0.15, -0.1) is 11.8 Å². The molecule has 0 aliphatic heterocycles. The summed E-state index contributed by atoms with van der Waals surface area (Å²) in [6.07, 6.45) is 1.02. The molecule has 2 aromatic heterocycles. The minimum atomic E-state index is -0.400. The summed E-state index contributed by atoms with van der Waals surface area (Å²) in [6.45, 7) is 4.53. The van der Waals surface area contributed by atoms with Crippen LogP contribution in [0.25, 0.3) is 11.0 Å². The van der Waals surface area contributed by atoms with E-state index in [0.29, 0.717) is 27.8 Å². The topological polar surface area (TPSA) is 79.0 Å². The van der Waals surface area contributed by atoms with Crippen LogP contribution in [0.3, 0.4) is 0 Å². The zero-order valence-corrected chi connectivity index (χ0v) is 14.9. The summed E-state index contributed by atoms with van der Waals surface area (Å²) in [5.74, 6) is 1.89. The minimum absolute atomic E-state index is 0.233. The van der Waals surface area contributed by atoms with Crippen LogP contribution in [0, 0.1) is 5.92 Å². The number of aryl methyl sites for hydroxylation is 1. The van der Waals surface area contributed by atoms with Gasteiger partial charge in [0.25, 0.3) is 5.56 Å². The molecular weight excluding hydrogens is 316 g/mol. The van der Waals surface area contributed by atoms with E-state index in [2.05, 4.69) is 23.8 Å². The number of thioether (sulfide) groups is 1. The average molecular weight is 338 g/mol. The number of methoxy groups -OCH3 is 1. The maximum absolute atomic E-state index is 12.5. The van der Waals surface area contributed by atoms with E-state index in [4.69, 9.17) is 4.74 Å². The van der Waals surface area contributed by atoms with Gasteiger partial charge >= 0.3 is 5.69 Å². The third-order valence-corrected chi connectivity index (χ3v) is 4.53. The van der Waals surface area contributed by atoms with Gasteiger partial charge in [0.2, 0.25) is 0 Å². The maximum Gasteiger partial charge on any atom is 0.332 e. The molecular formula is C15H22N4O3S. The highest BCUT2D eigenvalue weighted by Gasteiger charge is 2.17. The van der Waals surface area contributed by atoms with Gasteiger partial charge in [-0.2, -0.15) is 0 Å². The van der Waals surface area contributed by atoms with Crippen molar-refractivity contribution >= 4 is 22.8 Å². The summed E-state index contributed by atoms with van der Waals surface area (Å²) in [5, 5.41) is 1.00. The predicted octanol–water partition coefficient (Wildman–Crippen LogP) is 1.31. The van der Waals surface area contributed by atoms with Crippen LogP contribution in [0.4, 0.5) is 0 Å². The minimum Gasteiger partial charge on any atom is -0.377 e. The van der Waals surface area contributed by atoms with Gasteiger partial charge < -0.3 is 4.74 Å². The Labute approximate surface area is 138 Å². The lowest BCUT2D eigenvalue weighted by atomic mass is 10.2. The zero-order valence-electron chi connectivity index (χ0n) is 14.1. The molecule has 0 N–H and O–H groups in total. The first-order valence-corrected chi connectivity index (χ1v) is 8.43. The van der Waals surface area contributed by atoms with Crippen molar-refractivity contribution in [3.8, 4) is 0 Å². The number of ether oxygens (including phenoxy) is 1. The molecule has 0 bridgehead atoms. The van der Waals surface area contributed by atoms with Crippen molar-refractivity contribution in [2.24, 2.45) is 20.0 Å². The summed E-state index contributed by atoms with van der Waals surface area (Å²) in [6, 6.07) is 0. The average Bonchev–Trinajstić information content (AvgIpc) is 2.50. The summed E-state index contributed by atoms with van der Waals surface area (Å²) in [4.78, 5) is 33.4. The Morgan fingerprint density at radius 1 is 1.17 bits per heavy atom. The number of hydrogen-bond donors (Lipinski definition) is 0. The molecule has 8 heteroatoms. The molecule has 0 amide bonds. The highest BCUT2D eigenvalue weighted by atomic mass is 32.2. The highest BCUT2D eigenvalue weighted by molar-refractivity contribution is 7.99. The zero-order chi connectivity index (χ0) is 17.1. The van der Waals surface area contributed by atoms with E-state index >= 15 is 0 Å². The molecule has 0 aromatic carbocycles. The molecule has 126 valence electrons. The van der Waals surface area contributed by atoms with Crippen molar-refractivity contribution < 1.29 is 4.74 Å². The van der Waals surface area contributed by atoms with Gasteiger partial charge in [-0.25, -0.2) is 14.8 Å². The van der Waals surface area contributed by atoms with Gasteiger partial charge in [-0.05, 0) is 18.1 Å².